The molecule has 6 heteroatoms. The highest BCUT2D eigenvalue weighted by molar-refractivity contribution is 8.04. The Bertz CT molecular complexity index is 503. The van der Waals surface area contributed by atoms with Crippen LogP contribution in [-0.2, 0) is 6.54 Å². The summed E-state index contributed by atoms with van der Waals surface area (Å²) in [6.07, 6.45) is 2.94. The lowest BCUT2D eigenvalue weighted by atomic mass is 10.4. The van der Waals surface area contributed by atoms with Crippen LogP contribution in [0.2, 0.25) is 0 Å². The SMILES string of the molecule is CCn1c(SC2CCSC2)nnc1-c1ccco1. The van der Waals surface area contributed by atoms with Gasteiger partial charge in [-0.05, 0) is 31.2 Å². The molecule has 0 aliphatic carbocycles. The molecule has 0 radical (unpaired) electrons. The third-order valence-corrected chi connectivity index (χ3v) is 5.56. The van der Waals surface area contributed by atoms with Gasteiger partial charge in [-0.3, -0.25) is 4.57 Å². The summed E-state index contributed by atoms with van der Waals surface area (Å²) in [6, 6.07) is 3.81. The molecule has 2 aromatic rings. The van der Waals surface area contributed by atoms with Gasteiger partial charge in [0, 0.05) is 17.5 Å². The van der Waals surface area contributed by atoms with Gasteiger partial charge in [-0.15, -0.1) is 10.2 Å². The molecular weight excluding hydrogens is 266 g/mol. The first kappa shape index (κ1) is 12.2. The number of hydrogen-bond donors (Lipinski definition) is 0. The lowest BCUT2D eigenvalue weighted by Gasteiger charge is -2.09. The smallest absolute Gasteiger partial charge is 0.200 e. The van der Waals surface area contributed by atoms with E-state index in [1.165, 1.54) is 17.9 Å². The van der Waals surface area contributed by atoms with Crippen LogP contribution >= 0.6 is 23.5 Å². The summed E-state index contributed by atoms with van der Waals surface area (Å²) in [5.41, 5.74) is 0. The van der Waals surface area contributed by atoms with E-state index in [0.717, 1.165) is 23.3 Å². The Morgan fingerprint density at radius 1 is 1.56 bits per heavy atom. The first-order valence-corrected chi connectivity index (χ1v) is 8.13. The lowest BCUT2D eigenvalue weighted by Crippen LogP contribution is -2.04. The Balaban J connectivity index is 1.86. The average Bonchev–Trinajstić information content (AvgIpc) is 3.10. The highest BCUT2D eigenvalue weighted by Crippen LogP contribution is 2.33. The van der Waals surface area contributed by atoms with Gasteiger partial charge in [0.2, 0.25) is 0 Å². The molecule has 0 aromatic carbocycles. The van der Waals surface area contributed by atoms with E-state index in [4.69, 9.17) is 4.42 Å². The van der Waals surface area contributed by atoms with Gasteiger partial charge in [0.25, 0.3) is 0 Å². The van der Waals surface area contributed by atoms with Gasteiger partial charge in [-0.2, -0.15) is 11.8 Å². The van der Waals surface area contributed by atoms with Crippen molar-refractivity contribution in [2.24, 2.45) is 0 Å². The van der Waals surface area contributed by atoms with Crippen LogP contribution in [0.5, 0.6) is 0 Å². The molecule has 1 atom stereocenters. The lowest BCUT2D eigenvalue weighted by molar-refractivity contribution is 0.567. The van der Waals surface area contributed by atoms with Crippen LogP contribution in [0.3, 0.4) is 0 Å². The fourth-order valence-corrected chi connectivity index (χ4v) is 4.73. The first-order valence-electron chi connectivity index (χ1n) is 6.10. The zero-order valence-corrected chi connectivity index (χ0v) is 11.8. The number of hydrogen-bond acceptors (Lipinski definition) is 5. The minimum Gasteiger partial charge on any atom is -0.461 e. The van der Waals surface area contributed by atoms with Gasteiger partial charge in [0.15, 0.2) is 16.7 Å². The molecule has 3 heterocycles. The summed E-state index contributed by atoms with van der Waals surface area (Å²) in [4.78, 5) is 0. The van der Waals surface area contributed by atoms with Crippen molar-refractivity contribution in [2.45, 2.75) is 30.3 Å². The highest BCUT2D eigenvalue weighted by Gasteiger charge is 2.21. The van der Waals surface area contributed by atoms with Crippen molar-refractivity contribution in [1.29, 1.82) is 0 Å². The number of rotatable bonds is 4. The van der Waals surface area contributed by atoms with Crippen LogP contribution in [0.25, 0.3) is 11.6 Å². The largest absolute Gasteiger partial charge is 0.461 e. The molecule has 0 bridgehead atoms. The average molecular weight is 281 g/mol. The Labute approximate surface area is 115 Å². The second-order valence-corrected chi connectivity index (χ2v) is 6.55. The quantitative estimate of drug-likeness (QED) is 0.861. The maximum Gasteiger partial charge on any atom is 0.200 e. The van der Waals surface area contributed by atoms with Crippen LogP contribution in [0.4, 0.5) is 0 Å². The summed E-state index contributed by atoms with van der Waals surface area (Å²) < 4.78 is 7.54. The van der Waals surface area contributed by atoms with E-state index in [1.54, 1.807) is 6.26 Å². The van der Waals surface area contributed by atoms with E-state index in [1.807, 2.05) is 35.7 Å². The number of furan rings is 1. The van der Waals surface area contributed by atoms with Crippen LogP contribution in [-0.4, -0.2) is 31.5 Å². The van der Waals surface area contributed by atoms with Crippen molar-refractivity contribution in [3.05, 3.63) is 18.4 Å². The van der Waals surface area contributed by atoms with Gasteiger partial charge in [0.05, 0.1) is 6.26 Å². The summed E-state index contributed by atoms with van der Waals surface area (Å²) in [5.74, 6) is 4.10. The van der Waals surface area contributed by atoms with E-state index < -0.39 is 0 Å². The standard InChI is InChI=1S/C12H15N3OS2/c1-2-15-11(10-4-3-6-16-10)13-14-12(15)18-9-5-7-17-8-9/h3-4,6,9H,2,5,7-8H2,1H3. The van der Waals surface area contributed by atoms with Crippen LogP contribution in [0, 0.1) is 0 Å². The maximum atomic E-state index is 5.41. The van der Waals surface area contributed by atoms with Gasteiger partial charge in [-0.25, -0.2) is 0 Å². The molecule has 4 nitrogen and oxygen atoms in total. The minimum atomic E-state index is 0.675. The van der Waals surface area contributed by atoms with Crippen LogP contribution < -0.4 is 0 Å². The molecule has 96 valence electrons. The van der Waals surface area contributed by atoms with Crippen molar-refractivity contribution in [1.82, 2.24) is 14.8 Å². The van der Waals surface area contributed by atoms with Gasteiger partial charge >= 0.3 is 0 Å². The monoisotopic (exact) mass is 281 g/mol. The normalized spacial score (nSPS) is 19.5. The van der Waals surface area contributed by atoms with E-state index in [-0.39, 0.29) is 0 Å². The molecule has 0 amide bonds. The minimum absolute atomic E-state index is 0.675. The van der Waals surface area contributed by atoms with Gasteiger partial charge in [-0.1, -0.05) is 11.8 Å². The molecule has 3 rings (SSSR count). The zero-order chi connectivity index (χ0) is 12.4. The third-order valence-electron chi connectivity index (χ3n) is 2.93. The molecule has 1 aliphatic heterocycles. The summed E-state index contributed by atoms with van der Waals surface area (Å²) in [5, 5.41) is 10.3. The molecule has 18 heavy (non-hydrogen) atoms. The highest BCUT2D eigenvalue weighted by atomic mass is 32.2. The van der Waals surface area contributed by atoms with E-state index in [2.05, 4.69) is 21.7 Å². The van der Waals surface area contributed by atoms with Crippen molar-refractivity contribution >= 4 is 23.5 Å². The van der Waals surface area contributed by atoms with Crippen LogP contribution in [0.15, 0.2) is 28.0 Å². The third kappa shape index (κ3) is 2.31. The van der Waals surface area contributed by atoms with E-state index in [9.17, 15) is 0 Å². The molecule has 2 aromatic heterocycles. The second kappa shape index (κ2) is 5.40. The molecular formula is C12H15N3OS2. The second-order valence-electron chi connectivity index (χ2n) is 4.13. The Kier molecular flexibility index (Phi) is 3.65. The predicted octanol–water partition coefficient (Wildman–Crippen LogP) is 3.16. The van der Waals surface area contributed by atoms with E-state index in [0.29, 0.717) is 5.25 Å². The Hall–Kier alpha value is -0.880. The van der Waals surface area contributed by atoms with Crippen molar-refractivity contribution in [2.75, 3.05) is 11.5 Å². The molecule has 1 saturated heterocycles. The Morgan fingerprint density at radius 2 is 2.50 bits per heavy atom. The zero-order valence-electron chi connectivity index (χ0n) is 10.2. The van der Waals surface area contributed by atoms with E-state index >= 15 is 0 Å². The number of thioether (sulfide) groups is 2. The van der Waals surface area contributed by atoms with Crippen molar-refractivity contribution in [3.63, 3.8) is 0 Å². The molecule has 1 unspecified atom stereocenters. The Morgan fingerprint density at radius 3 is 3.17 bits per heavy atom. The number of aromatic nitrogens is 3. The van der Waals surface area contributed by atoms with Gasteiger partial charge < -0.3 is 4.42 Å². The molecule has 1 fully saturated rings. The molecule has 0 N–H and O–H groups in total. The van der Waals surface area contributed by atoms with Crippen LogP contribution in [0.1, 0.15) is 13.3 Å². The summed E-state index contributed by atoms with van der Waals surface area (Å²) >= 11 is 3.87. The predicted molar refractivity (Wildman–Crippen MR) is 75.0 cm³/mol. The maximum absolute atomic E-state index is 5.41. The fourth-order valence-electron chi connectivity index (χ4n) is 2.00. The topological polar surface area (TPSA) is 43.9 Å². The summed E-state index contributed by atoms with van der Waals surface area (Å²) in [6.45, 7) is 2.98. The van der Waals surface area contributed by atoms with Gasteiger partial charge in [0.1, 0.15) is 0 Å². The number of nitrogens with zero attached hydrogens (tertiary/aromatic N) is 3. The molecule has 1 aliphatic rings. The molecule has 0 spiro atoms. The first-order chi connectivity index (χ1) is 8.88. The molecule has 0 saturated carbocycles. The summed E-state index contributed by atoms with van der Waals surface area (Å²) in [7, 11) is 0. The van der Waals surface area contributed by atoms with Crippen molar-refractivity contribution < 1.29 is 4.42 Å². The fraction of sp³-hybridized carbons (Fsp3) is 0.500. The van der Waals surface area contributed by atoms with Crippen molar-refractivity contribution in [3.8, 4) is 11.6 Å².